The number of likely N-dealkylation sites (tertiary alicyclic amines) is 1. The average Bonchev–Trinajstić information content (AvgIpc) is 3.35. The van der Waals surface area contributed by atoms with E-state index in [9.17, 15) is 31.2 Å². The van der Waals surface area contributed by atoms with Crippen LogP contribution in [-0.2, 0) is 25.8 Å². The van der Waals surface area contributed by atoms with Gasteiger partial charge in [0.2, 0.25) is 21.8 Å². The number of piperidine rings is 1. The molecule has 0 aromatic heterocycles. The molecule has 2 amide bonds. The monoisotopic (exact) mass is 568 g/mol. The lowest BCUT2D eigenvalue weighted by atomic mass is 9.86. The summed E-state index contributed by atoms with van der Waals surface area (Å²) in [6, 6.07) is 5.56. The highest BCUT2D eigenvalue weighted by molar-refractivity contribution is 7.89. The fourth-order valence-corrected chi connectivity index (χ4v) is 7.95. The van der Waals surface area contributed by atoms with E-state index in [1.165, 1.54) is 21.3 Å². The maximum atomic E-state index is 13.5. The second kappa shape index (κ2) is 11.5. The van der Waals surface area contributed by atoms with Gasteiger partial charge < -0.3 is 10.2 Å². The summed E-state index contributed by atoms with van der Waals surface area (Å²) in [5.74, 6) is -1.51. The summed E-state index contributed by atoms with van der Waals surface area (Å²) in [7, 11) is -3.59. The number of carbonyl (C=O) groups is 2. The number of rotatable bonds is 7. The van der Waals surface area contributed by atoms with Crippen molar-refractivity contribution in [1.82, 2.24) is 14.5 Å². The molecular weight excluding hydrogens is 533 g/mol. The topological polar surface area (TPSA) is 111 Å². The molecule has 1 aliphatic carbocycles. The molecule has 3 atom stereocenters. The van der Waals surface area contributed by atoms with E-state index in [2.05, 4.69) is 11.4 Å². The van der Waals surface area contributed by atoms with Crippen LogP contribution in [0.1, 0.15) is 69.5 Å². The maximum absolute atomic E-state index is 13.5. The van der Waals surface area contributed by atoms with Crippen molar-refractivity contribution in [2.75, 3.05) is 19.6 Å². The third-order valence-corrected chi connectivity index (χ3v) is 10.5. The van der Waals surface area contributed by atoms with Crippen LogP contribution in [0.3, 0.4) is 0 Å². The van der Waals surface area contributed by atoms with Gasteiger partial charge in [-0.3, -0.25) is 9.59 Å². The van der Waals surface area contributed by atoms with Gasteiger partial charge in [0, 0.05) is 25.6 Å². The molecule has 2 saturated heterocycles. The molecular formula is C27H35F3N4O4S. The Bertz CT molecular complexity index is 1210. The second-order valence-corrected chi connectivity index (χ2v) is 13.4. The Morgan fingerprint density at radius 2 is 1.72 bits per heavy atom. The molecule has 2 heterocycles. The van der Waals surface area contributed by atoms with Gasteiger partial charge in [-0.25, -0.2) is 12.7 Å². The number of hydrogen-bond acceptors (Lipinski definition) is 5. The zero-order valence-corrected chi connectivity index (χ0v) is 23.0. The van der Waals surface area contributed by atoms with Crippen LogP contribution in [-0.4, -0.2) is 60.4 Å². The minimum Gasteiger partial charge on any atom is -0.347 e. The first-order chi connectivity index (χ1) is 18.3. The lowest BCUT2D eigenvalue weighted by Gasteiger charge is -2.39. The SMILES string of the molecule is CC(C)[C@@H](NC(=O)[C@H]1CCCN1C(=O)[C@H]1CCCN(S(=O)(=O)C2CC(C#N)C2)C1)c1ccc(C(F)(F)F)cc1. The molecule has 1 aromatic rings. The minimum atomic E-state index is -4.45. The Kier molecular flexibility index (Phi) is 8.61. The molecule has 1 N–H and O–H groups in total. The van der Waals surface area contributed by atoms with E-state index in [-0.39, 0.29) is 30.2 Å². The molecule has 3 aliphatic rings. The first-order valence-corrected chi connectivity index (χ1v) is 15.0. The van der Waals surface area contributed by atoms with Crippen LogP contribution in [0.2, 0.25) is 0 Å². The van der Waals surface area contributed by atoms with Gasteiger partial charge >= 0.3 is 6.18 Å². The Morgan fingerprint density at radius 1 is 1.08 bits per heavy atom. The van der Waals surface area contributed by atoms with Crippen LogP contribution in [0, 0.1) is 29.1 Å². The zero-order valence-electron chi connectivity index (χ0n) is 22.2. The molecule has 3 fully saturated rings. The molecule has 4 rings (SSSR count). The molecule has 2 aliphatic heterocycles. The average molecular weight is 569 g/mol. The smallest absolute Gasteiger partial charge is 0.347 e. The number of benzene rings is 1. The van der Waals surface area contributed by atoms with Crippen molar-refractivity contribution >= 4 is 21.8 Å². The third-order valence-electron chi connectivity index (χ3n) is 8.19. The summed E-state index contributed by atoms with van der Waals surface area (Å²) in [6.07, 6.45) is -1.66. The van der Waals surface area contributed by atoms with E-state index in [0.29, 0.717) is 57.2 Å². The van der Waals surface area contributed by atoms with Crippen molar-refractivity contribution in [1.29, 1.82) is 5.26 Å². The zero-order chi connectivity index (χ0) is 28.5. The normalized spacial score (nSPS) is 27.1. The lowest BCUT2D eigenvalue weighted by molar-refractivity contribution is -0.142. The lowest BCUT2D eigenvalue weighted by Crippen LogP contribution is -2.53. The molecule has 0 unspecified atom stereocenters. The van der Waals surface area contributed by atoms with Gasteiger partial charge in [-0.1, -0.05) is 26.0 Å². The number of amides is 2. The number of sulfonamides is 1. The number of nitriles is 1. The van der Waals surface area contributed by atoms with E-state index < -0.39 is 45.0 Å². The molecule has 12 heteroatoms. The third kappa shape index (κ3) is 6.24. The van der Waals surface area contributed by atoms with Crippen molar-refractivity contribution in [2.24, 2.45) is 17.8 Å². The Balaban J connectivity index is 1.42. The number of alkyl halides is 3. The van der Waals surface area contributed by atoms with Gasteiger partial charge in [-0.15, -0.1) is 0 Å². The molecule has 214 valence electrons. The molecule has 39 heavy (non-hydrogen) atoms. The molecule has 8 nitrogen and oxygen atoms in total. The number of carbonyl (C=O) groups excluding carboxylic acids is 2. The van der Waals surface area contributed by atoms with E-state index in [1.807, 2.05) is 13.8 Å². The van der Waals surface area contributed by atoms with E-state index in [1.54, 1.807) is 0 Å². The van der Waals surface area contributed by atoms with Gasteiger partial charge in [0.15, 0.2) is 0 Å². The quantitative estimate of drug-likeness (QED) is 0.537. The van der Waals surface area contributed by atoms with Gasteiger partial charge in [0.05, 0.1) is 28.8 Å². The fourth-order valence-electron chi connectivity index (χ4n) is 5.80. The van der Waals surface area contributed by atoms with Crippen molar-refractivity contribution in [3.05, 3.63) is 35.4 Å². The number of nitrogens with zero attached hydrogens (tertiary/aromatic N) is 3. The molecule has 0 bridgehead atoms. The summed E-state index contributed by atoms with van der Waals surface area (Å²) >= 11 is 0. The maximum Gasteiger partial charge on any atom is 0.416 e. The van der Waals surface area contributed by atoms with Crippen LogP contribution in [0.4, 0.5) is 13.2 Å². The minimum absolute atomic E-state index is 0.0693. The van der Waals surface area contributed by atoms with E-state index >= 15 is 0 Å². The van der Waals surface area contributed by atoms with Crippen molar-refractivity contribution in [2.45, 2.75) is 75.9 Å². The van der Waals surface area contributed by atoms with Gasteiger partial charge in [-0.2, -0.15) is 18.4 Å². The summed E-state index contributed by atoms with van der Waals surface area (Å²) in [5.41, 5.74) is -0.219. The molecule has 1 aromatic carbocycles. The number of halogens is 3. The highest BCUT2D eigenvalue weighted by Gasteiger charge is 2.45. The van der Waals surface area contributed by atoms with Crippen LogP contribution in [0.15, 0.2) is 24.3 Å². The van der Waals surface area contributed by atoms with Crippen molar-refractivity contribution < 1.29 is 31.2 Å². The predicted molar refractivity (Wildman–Crippen MR) is 137 cm³/mol. The molecule has 0 radical (unpaired) electrons. The molecule has 1 saturated carbocycles. The van der Waals surface area contributed by atoms with Gasteiger partial charge in [-0.05, 0) is 62.1 Å². The van der Waals surface area contributed by atoms with Gasteiger partial charge in [0.25, 0.3) is 0 Å². The van der Waals surface area contributed by atoms with E-state index in [0.717, 1.165) is 12.1 Å². The van der Waals surface area contributed by atoms with Gasteiger partial charge in [0.1, 0.15) is 6.04 Å². The van der Waals surface area contributed by atoms with Crippen molar-refractivity contribution in [3.63, 3.8) is 0 Å². The first-order valence-electron chi connectivity index (χ1n) is 13.5. The summed E-state index contributed by atoms with van der Waals surface area (Å²) in [6.45, 7) is 4.52. The Hall–Kier alpha value is -2.65. The Labute approximate surface area is 227 Å². The summed E-state index contributed by atoms with van der Waals surface area (Å²) < 4.78 is 66.5. The van der Waals surface area contributed by atoms with Crippen LogP contribution in [0.5, 0.6) is 0 Å². The van der Waals surface area contributed by atoms with E-state index in [4.69, 9.17) is 5.26 Å². The Morgan fingerprint density at radius 3 is 2.31 bits per heavy atom. The van der Waals surface area contributed by atoms with Crippen molar-refractivity contribution in [3.8, 4) is 6.07 Å². The van der Waals surface area contributed by atoms with Crippen LogP contribution >= 0.6 is 0 Å². The summed E-state index contributed by atoms with van der Waals surface area (Å²) in [5, 5.41) is 11.4. The number of nitrogens with one attached hydrogen (secondary N) is 1. The predicted octanol–water partition coefficient (Wildman–Crippen LogP) is 3.85. The second-order valence-electron chi connectivity index (χ2n) is 11.2. The van der Waals surface area contributed by atoms with Crippen LogP contribution < -0.4 is 5.32 Å². The molecule has 0 spiro atoms. The highest BCUT2D eigenvalue weighted by Crippen LogP contribution is 2.36. The fraction of sp³-hybridized carbons (Fsp3) is 0.667. The highest BCUT2D eigenvalue weighted by atomic mass is 32.2. The largest absolute Gasteiger partial charge is 0.416 e. The number of hydrogen-bond donors (Lipinski definition) is 1. The summed E-state index contributed by atoms with van der Waals surface area (Å²) in [4.78, 5) is 28.4. The standard InChI is InChI=1S/C27H35F3N4O4S/c1-17(2)24(19-7-9-21(10-8-19)27(28,29)30)32-25(35)23-6-4-12-34(23)26(36)20-5-3-11-33(16-20)39(37,38)22-13-18(14-22)15-31/h7-10,17-18,20,22-24H,3-6,11-14,16H2,1-2H3,(H,32,35)/t18?,20-,22?,23+,24+/m0/s1. The van der Waals surface area contributed by atoms with Crippen LogP contribution in [0.25, 0.3) is 0 Å². The first kappa shape index (κ1) is 29.3.